The molecule has 108 valence electrons. The van der Waals surface area contributed by atoms with Crippen molar-refractivity contribution in [1.82, 2.24) is 0 Å². The van der Waals surface area contributed by atoms with Crippen LogP contribution in [0.15, 0.2) is 47.6 Å². The number of amidine groups is 1. The van der Waals surface area contributed by atoms with Crippen molar-refractivity contribution in [2.75, 3.05) is 5.32 Å². The highest BCUT2D eigenvalue weighted by molar-refractivity contribution is 6.10. The molecule has 0 saturated carbocycles. The zero-order valence-corrected chi connectivity index (χ0v) is 11.9. The Morgan fingerprint density at radius 2 is 1.76 bits per heavy atom. The predicted molar refractivity (Wildman–Crippen MR) is 82.8 cm³/mol. The molecule has 0 aromatic heterocycles. The van der Waals surface area contributed by atoms with E-state index >= 15 is 0 Å². The molecule has 0 aliphatic carbocycles. The number of hydrogen-bond donors (Lipinski definition) is 3. The van der Waals surface area contributed by atoms with E-state index in [1.54, 1.807) is 30.3 Å². The summed E-state index contributed by atoms with van der Waals surface area (Å²) in [7, 11) is 0. The van der Waals surface area contributed by atoms with E-state index in [1.807, 2.05) is 26.0 Å². The second-order valence-corrected chi connectivity index (χ2v) is 4.73. The monoisotopic (exact) mass is 283 g/mol. The Kier molecular flexibility index (Phi) is 4.23. The standard InChI is InChI=1S/C16H17N3O2/c1-10-6-5-8-12(11(10)2)16(20)18-14-9-4-3-7-13(14)15(17)19-21/h3-9,21H,1-2H3,(H2,17,19)(H,18,20). The van der Waals surface area contributed by atoms with E-state index in [0.717, 1.165) is 11.1 Å². The summed E-state index contributed by atoms with van der Waals surface area (Å²) >= 11 is 0. The molecule has 0 spiro atoms. The fraction of sp³-hybridized carbons (Fsp3) is 0.125. The maximum atomic E-state index is 12.4. The van der Waals surface area contributed by atoms with E-state index in [-0.39, 0.29) is 11.7 Å². The molecule has 0 aliphatic heterocycles. The summed E-state index contributed by atoms with van der Waals surface area (Å²) in [6, 6.07) is 12.5. The quantitative estimate of drug-likeness (QED) is 0.350. The summed E-state index contributed by atoms with van der Waals surface area (Å²) in [6.45, 7) is 3.86. The molecule has 0 radical (unpaired) electrons. The van der Waals surface area contributed by atoms with Crippen LogP contribution < -0.4 is 11.1 Å². The van der Waals surface area contributed by atoms with Gasteiger partial charge in [0.2, 0.25) is 0 Å². The number of hydrogen-bond acceptors (Lipinski definition) is 3. The van der Waals surface area contributed by atoms with Crippen LogP contribution in [-0.4, -0.2) is 17.0 Å². The van der Waals surface area contributed by atoms with Crippen LogP contribution >= 0.6 is 0 Å². The number of amides is 1. The van der Waals surface area contributed by atoms with E-state index in [0.29, 0.717) is 16.8 Å². The van der Waals surface area contributed by atoms with Crippen molar-refractivity contribution in [3.05, 3.63) is 64.7 Å². The van der Waals surface area contributed by atoms with E-state index in [9.17, 15) is 4.79 Å². The van der Waals surface area contributed by atoms with Crippen molar-refractivity contribution in [3.8, 4) is 0 Å². The maximum Gasteiger partial charge on any atom is 0.255 e. The topological polar surface area (TPSA) is 87.7 Å². The number of carbonyl (C=O) groups is 1. The minimum Gasteiger partial charge on any atom is -0.409 e. The number of carbonyl (C=O) groups excluding carboxylic acids is 1. The molecule has 0 aliphatic rings. The van der Waals surface area contributed by atoms with Crippen LogP contribution in [0.1, 0.15) is 27.0 Å². The molecule has 4 N–H and O–H groups in total. The third-order valence-corrected chi connectivity index (χ3v) is 3.41. The van der Waals surface area contributed by atoms with Crippen LogP contribution in [0.5, 0.6) is 0 Å². The number of nitrogens with one attached hydrogen (secondary N) is 1. The zero-order valence-electron chi connectivity index (χ0n) is 11.9. The molecule has 21 heavy (non-hydrogen) atoms. The smallest absolute Gasteiger partial charge is 0.255 e. The van der Waals surface area contributed by atoms with Crippen LogP contribution in [0, 0.1) is 13.8 Å². The number of oxime groups is 1. The molecule has 5 nitrogen and oxygen atoms in total. The number of nitrogens with two attached hydrogens (primary N) is 1. The van der Waals surface area contributed by atoms with Crippen molar-refractivity contribution in [2.45, 2.75) is 13.8 Å². The lowest BCUT2D eigenvalue weighted by atomic mass is 10.0. The minimum absolute atomic E-state index is 0.0492. The van der Waals surface area contributed by atoms with Crippen LogP contribution in [0.4, 0.5) is 5.69 Å². The van der Waals surface area contributed by atoms with E-state index in [2.05, 4.69) is 10.5 Å². The van der Waals surface area contributed by atoms with Gasteiger partial charge in [0.15, 0.2) is 5.84 Å². The highest BCUT2D eigenvalue weighted by atomic mass is 16.4. The first kappa shape index (κ1) is 14.6. The Morgan fingerprint density at radius 1 is 1.10 bits per heavy atom. The first-order chi connectivity index (χ1) is 10.0. The third-order valence-electron chi connectivity index (χ3n) is 3.41. The molecular weight excluding hydrogens is 266 g/mol. The van der Waals surface area contributed by atoms with Gasteiger partial charge in [-0.15, -0.1) is 0 Å². The van der Waals surface area contributed by atoms with Crippen molar-refractivity contribution in [2.24, 2.45) is 10.9 Å². The molecule has 2 aromatic carbocycles. The normalized spacial score (nSPS) is 11.2. The summed E-state index contributed by atoms with van der Waals surface area (Å²) in [6.07, 6.45) is 0. The number of anilines is 1. The number of benzene rings is 2. The second-order valence-electron chi connectivity index (χ2n) is 4.73. The Balaban J connectivity index is 2.35. The van der Waals surface area contributed by atoms with Gasteiger partial charge < -0.3 is 16.3 Å². The Labute approximate surface area is 123 Å². The molecule has 5 heteroatoms. The summed E-state index contributed by atoms with van der Waals surface area (Å²) in [5.74, 6) is -0.277. The summed E-state index contributed by atoms with van der Waals surface area (Å²) in [4.78, 5) is 12.4. The van der Waals surface area contributed by atoms with Gasteiger partial charge in [0.25, 0.3) is 5.91 Å². The molecule has 0 bridgehead atoms. The Hall–Kier alpha value is -2.82. The molecule has 2 aromatic rings. The average molecular weight is 283 g/mol. The number of para-hydroxylation sites is 1. The maximum absolute atomic E-state index is 12.4. The van der Waals surface area contributed by atoms with Crippen molar-refractivity contribution >= 4 is 17.4 Å². The van der Waals surface area contributed by atoms with Gasteiger partial charge in [-0.1, -0.05) is 29.4 Å². The molecule has 2 rings (SSSR count). The largest absolute Gasteiger partial charge is 0.409 e. The van der Waals surface area contributed by atoms with Crippen LogP contribution in [0.3, 0.4) is 0 Å². The predicted octanol–water partition coefficient (Wildman–Crippen LogP) is 2.65. The Bertz CT molecular complexity index is 708. The zero-order chi connectivity index (χ0) is 15.4. The fourth-order valence-corrected chi connectivity index (χ4v) is 2.06. The van der Waals surface area contributed by atoms with Gasteiger partial charge in [0.1, 0.15) is 0 Å². The highest BCUT2D eigenvalue weighted by Crippen LogP contribution is 2.18. The van der Waals surface area contributed by atoms with Crippen LogP contribution in [0.25, 0.3) is 0 Å². The number of aryl methyl sites for hydroxylation is 1. The van der Waals surface area contributed by atoms with Crippen LogP contribution in [0.2, 0.25) is 0 Å². The third kappa shape index (κ3) is 3.02. The molecule has 0 atom stereocenters. The SMILES string of the molecule is Cc1cccc(C(=O)Nc2ccccc2/C(N)=N/O)c1C. The summed E-state index contributed by atoms with van der Waals surface area (Å²) in [5, 5.41) is 14.6. The van der Waals surface area contributed by atoms with Gasteiger partial charge in [0.05, 0.1) is 5.69 Å². The first-order valence-corrected chi connectivity index (χ1v) is 6.49. The molecular formula is C16H17N3O2. The van der Waals surface area contributed by atoms with Gasteiger partial charge in [-0.3, -0.25) is 4.79 Å². The van der Waals surface area contributed by atoms with Gasteiger partial charge in [-0.05, 0) is 43.2 Å². The van der Waals surface area contributed by atoms with E-state index < -0.39 is 0 Å². The summed E-state index contributed by atoms with van der Waals surface area (Å²) < 4.78 is 0. The van der Waals surface area contributed by atoms with Gasteiger partial charge in [-0.2, -0.15) is 0 Å². The molecule has 0 unspecified atom stereocenters. The van der Waals surface area contributed by atoms with Crippen LogP contribution in [-0.2, 0) is 0 Å². The fourth-order valence-electron chi connectivity index (χ4n) is 2.06. The number of rotatable bonds is 3. The Morgan fingerprint density at radius 3 is 2.48 bits per heavy atom. The lowest BCUT2D eigenvalue weighted by Gasteiger charge is -2.12. The van der Waals surface area contributed by atoms with Crippen molar-refractivity contribution in [3.63, 3.8) is 0 Å². The molecule has 1 amide bonds. The molecule has 0 heterocycles. The van der Waals surface area contributed by atoms with Crippen molar-refractivity contribution in [1.29, 1.82) is 0 Å². The lowest BCUT2D eigenvalue weighted by molar-refractivity contribution is 0.102. The van der Waals surface area contributed by atoms with E-state index in [4.69, 9.17) is 10.9 Å². The first-order valence-electron chi connectivity index (χ1n) is 6.49. The summed E-state index contributed by atoms with van der Waals surface area (Å²) in [5.41, 5.74) is 9.16. The molecule has 0 saturated heterocycles. The number of nitrogens with zero attached hydrogens (tertiary/aromatic N) is 1. The van der Waals surface area contributed by atoms with Gasteiger partial charge in [0, 0.05) is 11.1 Å². The van der Waals surface area contributed by atoms with Gasteiger partial charge >= 0.3 is 0 Å². The highest BCUT2D eigenvalue weighted by Gasteiger charge is 2.13. The van der Waals surface area contributed by atoms with E-state index in [1.165, 1.54) is 0 Å². The average Bonchev–Trinajstić information content (AvgIpc) is 2.49. The van der Waals surface area contributed by atoms with Crippen molar-refractivity contribution < 1.29 is 10.0 Å². The second kappa shape index (κ2) is 6.09. The minimum atomic E-state index is -0.227. The lowest BCUT2D eigenvalue weighted by Crippen LogP contribution is -2.19. The molecule has 0 fully saturated rings. The van der Waals surface area contributed by atoms with Gasteiger partial charge in [-0.25, -0.2) is 0 Å².